The highest BCUT2D eigenvalue weighted by atomic mass is 16.3. The summed E-state index contributed by atoms with van der Waals surface area (Å²) >= 11 is 0. The van der Waals surface area contributed by atoms with E-state index in [1.165, 1.54) is 0 Å². The molecule has 6 nitrogen and oxygen atoms in total. The summed E-state index contributed by atoms with van der Waals surface area (Å²) in [5.41, 5.74) is 3.82. The van der Waals surface area contributed by atoms with Gasteiger partial charge in [0.15, 0.2) is 11.6 Å². The molecule has 0 radical (unpaired) electrons. The third-order valence-corrected chi connectivity index (χ3v) is 4.18. The SMILES string of the molecule is Cc1nc([C@@H](C)NC(=O)c2oc3c(C)c(C)ccc3c2C)n[nH]1. The first-order valence-corrected chi connectivity index (χ1v) is 7.57. The van der Waals surface area contributed by atoms with Crippen LogP contribution in [0.3, 0.4) is 0 Å². The van der Waals surface area contributed by atoms with Crippen LogP contribution in [-0.4, -0.2) is 21.1 Å². The molecule has 0 spiro atoms. The molecule has 0 bridgehead atoms. The predicted octanol–water partition coefficient (Wildman–Crippen LogP) is 3.28. The Morgan fingerprint density at radius 1 is 1.22 bits per heavy atom. The summed E-state index contributed by atoms with van der Waals surface area (Å²) < 4.78 is 5.85. The minimum atomic E-state index is -0.303. The summed E-state index contributed by atoms with van der Waals surface area (Å²) in [6.45, 7) is 9.59. The Balaban J connectivity index is 1.92. The lowest BCUT2D eigenvalue weighted by molar-refractivity contribution is 0.0911. The number of aromatic amines is 1. The van der Waals surface area contributed by atoms with Crippen molar-refractivity contribution in [3.63, 3.8) is 0 Å². The van der Waals surface area contributed by atoms with E-state index < -0.39 is 0 Å². The lowest BCUT2D eigenvalue weighted by Gasteiger charge is -2.09. The predicted molar refractivity (Wildman–Crippen MR) is 87.4 cm³/mol. The zero-order valence-corrected chi connectivity index (χ0v) is 13.9. The number of H-pyrrole nitrogens is 1. The van der Waals surface area contributed by atoms with Crippen molar-refractivity contribution in [2.45, 2.75) is 40.7 Å². The zero-order valence-electron chi connectivity index (χ0n) is 13.9. The fourth-order valence-corrected chi connectivity index (χ4v) is 2.61. The van der Waals surface area contributed by atoms with Gasteiger partial charge in [0.1, 0.15) is 11.4 Å². The monoisotopic (exact) mass is 312 g/mol. The standard InChI is InChI=1S/C17H20N4O2/c1-8-6-7-13-10(3)15(23-14(13)9(8)2)17(22)18-11(4)16-19-12(5)20-21-16/h6-7,11H,1-5H3,(H,18,22)(H,19,20,21)/t11-/m1/s1. The third kappa shape index (κ3) is 2.60. The van der Waals surface area contributed by atoms with Gasteiger partial charge in [0, 0.05) is 10.9 Å². The van der Waals surface area contributed by atoms with Crippen molar-refractivity contribution in [2.24, 2.45) is 0 Å². The van der Waals surface area contributed by atoms with Crippen LogP contribution in [0.5, 0.6) is 0 Å². The van der Waals surface area contributed by atoms with Crippen LogP contribution >= 0.6 is 0 Å². The van der Waals surface area contributed by atoms with E-state index in [0.29, 0.717) is 17.4 Å². The van der Waals surface area contributed by atoms with Gasteiger partial charge in [-0.3, -0.25) is 9.89 Å². The highest BCUT2D eigenvalue weighted by molar-refractivity contribution is 5.99. The lowest BCUT2D eigenvalue weighted by atomic mass is 10.0. The van der Waals surface area contributed by atoms with Gasteiger partial charge < -0.3 is 9.73 Å². The number of hydrogen-bond donors (Lipinski definition) is 2. The van der Waals surface area contributed by atoms with E-state index >= 15 is 0 Å². The van der Waals surface area contributed by atoms with Crippen molar-refractivity contribution in [3.8, 4) is 0 Å². The van der Waals surface area contributed by atoms with Crippen molar-refractivity contribution >= 4 is 16.9 Å². The van der Waals surface area contributed by atoms with E-state index in [0.717, 1.165) is 27.7 Å². The van der Waals surface area contributed by atoms with Crippen LogP contribution in [0.15, 0.2) is 16.5 Å². The molecule has 1 amide bonds. The molecule has 1 aromatic carbocycles. The second-order valence-corrected chi connectivity index (χ2v) is 5.91. The van der Waals surface area contributed by atoms with Gasteiger partial charge in [0.05, 0.1) is 6.04 Å². The van der Waals surface area contributed by atoms with E-state index in [1.807, 2.05) is 46.8 Å². The quantitative estimate of drug-likeness (QED) is 0.777. The molecule has 2 aromatic heterocycles. The van der Waals surface area contributed by atoms with Crippen molar-refractivity contribution < 1.29 is 9.21 Å². The number of rotatable bonds is 3. The number of nitrogens with one attached hydrogen (secondary N) is 2. The molecule has 0 aliphatic heterocycles. The van der Waals surface area contributed by atoms with Crippen LogP contribution in [0.2, 0.25) is 0 Å². The highest BCUT2D eigenvalue weighted by Gasteiger charge is 2.22. The molecule has 3 rings (SSSR count). The van der Waals surface area contributed by atoms with Crippen LogP contribution in [-0.2, 0) is 0 Å². The highest BCUT2D eigenvalue weighted by Crippen LogP contribution is 2.29. The average Bonchev–Trinajstić information content (AvgIpc) is 3.08. The van der Waals surface area contributed by atoms with Crippen molar-refractivity contribution in [1.29, 1.82) is 0 Å². The summed E-state index contributed by atoms with van der Waals surface area (Å²) in [6, 6.07) is 3.74. The molecule has 2 N–H and O–H groups in total. The van der Waals surface area contributed by atoms with Crippen LogP contribution < -0.4 is 5.32 Å². The zero-order chi connectivity index (χ0) is 16.7. The Morgan fingerprint density at radius 2 is 1.96 bits per heavy atom. The maximum absolute atomic E-state index is 12.6. The number of carbonyl (C=O) groups excluding carboxylic acids is 1. The first-order valence-electron chi connectivity index (χ1n) is 7.57. The number of furan rings is 1. The fraction of sp³-hybridized carbons (Fsp3) is 0.353. The van der Waals surface area contributed by atoms with E-state index in [1.54, 1.807) is 0 Å². The number of nitrogens with zero attached hydrogens (tertiary/aromatic N) is 2. The summed E-state index contributed by atoms with van der Waals surface area (Å²) in [5.74, 6) is 1.35. The second kappa shape index (κ2) is 5.53. The molecule has 0 saturated heterocycles. The molecule has 0 saturated carbocycles. The topological polar surface area (TPSA) is 83.8 Å². The van der Waals surface area contributed by atoms with E-state index in [2.05, 4.69) is 20.5 Å². The molecule has 120 valence electrons. The van der Waals surface area contributed by atoms with Crippen LogP contribution in [0.1, 0.15) is 51.9 Å². The molecule has 0 aliphatic carbocycles. The lowest BCUT2D eigenvalue weighted by Crippen LogP contribution is -2.27. The van der Waals surface area contributed by atoms with Gasteiger partial charge in [-0.05, 0) is 45.7 Å². The fourth-order valence-electron chi connectivity index (χ4n) is 2.61. The molecule has 3 aromatic rings. The minimum Gasteiger partial charge on any atom is -0.450 e. The maximum atomic E-state index is 12.6. The number of hydrogen-bond acceptors (Lipinski definition) is 4. The number of fused-ring (bicyclic) bond motifs is 1. The first kappa shape index (κ1) is 15.3. The van der Waals surface area contributed by atoms with Gasteiger partial charge in [-0.25, -0.2) is 4.98 Å². The van der Waals surface area contributed by atoms with Gasteiger partial charge in [-0.15, -0.1) is 0 Å². The van der Waals surface area contributed by atoms with Gasteiger partial charge in [-0.2, -0.15) is 5.10 Å². The second-order valence-electron chi connectivity index (χ2n) is 5.91. The third-order valence-electron chi connectivity index (χ3n) is 4.18. The van der Waals surface area contributed by atoms with E-state index in [-0.39, 0.29) is 11.9 Å². The van der Waals surface area contributed by atoms with Crippen LogP contribution in [0.25, 0.3) is 11.0 Å². The summed E-state index contributed by atoms with van der Waals surface area (Å²) in [6.07, 6.45) is 0. The Labute approximate surface area is 134 Å². The molecule has 0 aliphatic rings. The Kier molecular flexibility index (Phi) is 3.67. The Morgan fingerprint density at radius 3 is 2.61 bits per heavy atom. The molecule has 6 heteroatoms. The summed E-state index contributed by atoms with van der Waals surface area (Å²) in [5, 5.41) is 10.7. The van der Waals surface area contributed by atoms with Crippen LogP contribution in [0.4, 0.5) is 0 Å². The number of benzene rings is 1. The molecule has 2 heterocycles. The number of aromatic nitrogens is 3. The smallest absolute Gasteiger partial charge is 0.287 e. The van der Waals surface area contributed by atoms with Crippen LogP contribution in [0, 0.1) is 27.7 Å². The Hall–Kier alpha value is -2.63. The molecule has 1 atom stereocenters. The molecular formula is C17H20N4O2. The van der Waals surface area contributed by atoms with E-state index in [4.69, 9.17) is 4.42 Å². The van der Waals surface area contributed by atoms with Gasteiger partial charge in [-0.1, -0.05) is 12.1 Å². The summed E-state index contributed by atoms with van der Waals surface area (Å²) in [7, 11) is 0. The molecule has 23 heavy (non-hydrogen) atoms. The number of amides is 1. The maximum Gasteiger partial charge on any atom is 0.287 e. The molecular weight excluding hydrogens is 292 g/mol. The minimum absolute atomic E-state index is 0.259. The van der Waals surface area contributed by atoms with Crippen molar-refractivity contribution in [3.05, 3.63) is 46.2 Å². The molecule has 0 unspecified atom stereocenters. The number of aryl methyl sites for hydroxylation is 4. The van der Waals surface area contributed by atoms with Crippen molar-refractivity contribution in [2.75, 3.05) is 0 Å². The Bertz CT molecular complexity index is 892. The molecule has 0 fully saturated rings. The van der Waals surface area contributed by atoms with Gasteiger partial charge in [0.25, 0.3) is 5.91 Å². The number of carbonyl (C=O) groups is 1. The van der Waals surface area contributed by atoms with E-state index in [9.17, 15) is 4.79 Å². The largest absolute Gasteiger partial charge is 0.450 e. The average molecular weight is 312 g/mol. The first-order chi connectivity index (χ1) is 10.9. The normalized spacial score (nSPS) is 12.6. The van der Waals surface area contributed by atoms with Gasteiger partial charge in [0.2, 0.25) is 0 Å². The van der Waals surface area contributed by atoms with Crippen molar-refractivity contribution in [1.82, 2.24) is 20.5 Å². The summed E-state index contributed by atoms with van der Waals surface area (Å²) in [4.78, 5) is 16.8. The van der Waals surface area contributed by atoms with Gasteiger partial charge >= 0.3 is 0 Å².